The molecule has 1 spiro atoms. The first-order valence-corrected chi connectivity index (χ1v) is 14.3. The molecular weight excluding hydrogens is 587 g/mol. The number of urea groups is 1. The third kappa shape index (κ3) is 4.77. The smallest absolute Gasteiger partial charge is 0.321 e. The molecule has 10 radical (unpaired) electrons. The lowest BCUT2D eigenvalue weighted by Gasteiger charge is -2.53. The minimum atomic E-state index is -3.52. The number of H-pyrrole nitrogens is 1. The number of nitrogens with one attached hydrogen (secondary N) is 2. The summed E-state index contributed by atoms with van der Waals surface area (Å²) in [5.74, 6) is -3.23. The number of fused-ring (bicyclic) bond motifs is 1. The van der Waals surface area contributed by atoms with Gasteiger partial charge in [0.15, 0.2) is 13.7 Å². The number of piperidine rings is 1. The molecule has 3 aromatic rings. The number of hydrogen-bond acceptors (Lipinski definition) is 8. The van der Waals surface area contributed by atoms with Gasteiger partial charge in [-0.05, 0) is 38.2 Å². The van der Waals surface area contributed by atoms with Crippen molar-refractivity contribution in [2.24, 2.45) is 0 Å². The Balaban J connectivity index is 1.22. The Hall–Kier alpha value is -3.11. The summed E-state index contributed by atoms with van der Waals surface area (Å²) in [5, 5.41) is 32.1. The van der Waals surface area contributed by atoms with Crippen LogP contribution in [0.1, 0.15) is 38.5 Å². The average Bonchev–Trinajstić information content (AvgIpc) is 3.77. The first-order valence-electron chi connectivity index (χ1n) is 14.3. The molecule has 3 aromatic heterocycles. The fraction of sp³-hybridized carbons (Fsp3) is 0.600. The van der Waals surface area contributed by atoms with Crippen LogP contribution in [0.15, 0.2) is 18.5 Å². The van der Waals surface area contributed by atoms with Gasteiger partial charge in [-0.25, -0.2) is 22.6 Å². The van der Waals surface area contributed by atoms with Gasteiger partial charge in [-0.3, -0.25) is 10.1 Å². The van der Waals surface area contributed by atoms with E-state index in [4.69, 9.17) is 44.0 Å². The van der Waals surface area contributed by atoms with E-state index in [1.54, 1.807) is 4.90 Å². The maximum absolute atomic E-state index is 15.3. The summed E-state index contributed by atoms with van der Waals surface area (Å²) in [6.07, 6.45) is 2.62. The summed E-state index contributed by atoms with van der Waals surface area (Å²) >= 11 is 0. The second-order valence-electron chi connectivity index (χ2n) is 12.6. The van der Waals surface area contributed by atoms with E-state index < -0.39 is 52.2 Å². The number of pyridine rings is 1. The van der Waals surface area contributed by atoms with E-state index in [-0.39, 0.29) is 60.8 Å². The quantitative estimate of drug-likeness (QED) is 0.217. The van der Waals surface area contributed by atoms with Crippen molar-refractivity contribution in [3.63, 3.8) is 0 Å². The molecule has 0 aromatic carbocycles. The van der Waals surface area contributed by atoms with Gasteiger partial charge >= 0.3 is 6.03 Å². The third-order valence-corrected chi connectivity index (χ3v) is 9.22. The molecule has 2 amide bonds. The summed E-state index contributed by atoms with van der Waals surface area (Å²) in [4.78, 5) is 20.5. The number of rotatable bonds is 7. The molecule has 4 aliphatic rings. The number of likely N-dealkylation sites (tertiary alicyclic amines) is 1. The SMILES string of the molecule is [B]C([B])(O)OC1CN(c2nn(C([B])(O)C3(F)CC3)c3cc(-c4[nH]ncc4NC(=O)N4C5(CC5)CCC(F)(F)C4([B])[B])ncc23)C1. The first-order chi connectivity index (χ1) is 20.9. The highest BCUT2D eigenvalue weighted by Crippen LogP contribution is 2.56. The number of aliphatic hydroxyl groups is 2. The van der Waals surface area contributed by atoms with Gasteiger partial charge in [0.1, 0.15) is 32.7 Å². The molecule has 2 saturated carbocycles. The number of aromatic nitrogens is 5. The van der Waals surface area contributed by atoms with Crippen LogP contribution in [0.25, 0.3) is 22.3 Å². The Bertz CT molecular complexity index is 1680. The number of amides is 2. The Morgan fingerprint density at radius 3 is 2.36 bits per heavy atom. The minimum absolute atomic E-state index is 0.0113. The number of halogens is 3. The van der Waals surface area contributed by atoms with Crippen LogP contribution in [-0.2, 0) is 10.4 Å². The van der Waals surface area contributed by atoms with Gasteiger partial charge in [-0.15, -0.1) is 0 Å². The predicted octanol–water partition coefficient (Wildman–Crippen LogP) is 0.0268. The highest BCUT2D eigenvalue weighted by molar-refractivity contribution is 6.42. The van der Waals surface area contributed by atoms with Crippen molar-refractivity contribution in [1.29, 1.82) is 0 Å². The van der Waals surface area contributed by atoms with Crippen LogP contribution >= 0.6 is 0 Å². The van der Waals surface area contributed by atoms with Crippen LogP contribution in [0.2, 0.25) is 0 Å². The van der Waals surface area contributed by atoms with E-state index in [1.807, 2.05) is 0 Å². The van der Waals surface area contributed by atoms with E-state index >= 15 is 4.39 Å². The van der Waals surface area contributed by atoms with Gasteiger partial charge in [0.2, 0.25) is 0 Å². The molecule has 2 saturated heterocycles. The molecule has 1 unspecified atom stereocenters. The number of alkyl halides is 3. The summed E-state index contributed by atoms with van der Waals surface area (Å²) in [7, 11) is 28.5. The lowest BCUT2D eigenvalue weighted by molar-refractivity contribution is -0.122. The fourth-order valence-electron chi connectivity index (χ4n) is 6.25. The molecule has 2 aliphatic carbocycles. The molecule has 5 heterocycles. The van der Waals surface area contributed by atoms with Crippen molar-refractivity contribution in [2.45, 2.75) is 78.3 Å². The summed E-state index contributed by atoms with van der Waals surface area (Å²) in [6, 6.07) is 0.520. The molecule has 20 heteroatoms. The number of carbonyl (C=O) groups is 1. The number of nitrogens with zero attached hydrogens (tertiary/aromatic N) is 6. The van der Waals surface area contributed by atoms with E-state index in [9.17, 15) is 23.8 Å². The molecule has 1 atom stereocenters. The zero-order chi connectivity index (χ0) is 32.4. The number of hydrogen-bond donors (Lipinski definition) is 4. The van der Waals surface area contributed by atoms with Crippen LogP contribution in [0.5, 0.6) is 0 Å². The molecule has 4 N–H and O–H groups in total. The van der Waals surface area contributed by atoms with Gasteiger partial charge in [0.25, 0.3) is 5.92 Å². The van der Waals surface area contributed by atoms with Gasteiger partial charge < -0.3 is 30.1 Å². The molecule has 224 valence electrons. The Labute approximate surface area is 261 Å². The molecular formula is C25H24B5F3N8O4. The topological polar surface area (TPSA) is 145 Å². The lowest BCUT2D eigenvalue weighted by atomic mass is 9.53. The molecule has 12 nitrogen and oxygen atoms in total. The fourth-order valence-corrected chi connectivity index (χ4v) is 6.25. The maximum Gasteiger partial charge on any atom is 0.321 e. The van der Waals surface area contributed by atoms with Gasteiger partial charge in [0.05, 0.1) is 55.9 Å². The summed E-state index contributed by atoms with van der Waals surface area (Å²) in [5.41, 5.74) is -7.29. The Kier molecular flexibility index (Phi) is 6.43. The van der Waals surface area contributed by atoms with Crippen LogP contribution in [0.3, 0.4) is 0 Å². The monoisotopic (exact) mass is 612 g/mol. The normalized spacial score (nSPS) is 24.3. The van der Waals surface area contributed by atoms with Crippen molar-refractivity contribution >= 4 is 67.7 Å². The zero-order valence-corrected chi connectivity index (χ0v) is 23.9. The average molecular weight is 612 g/mol. The largest absolute Gasteiger partial charge is 0.384 e. The number of carbonyl (C=O) groups excluding carboxylic acids is 1. The van der Waals surface area contributed by atoms with Crippen molar-refractivity contribution in [2.75, 3.05) is 23.3 Å². The standard InChI is InChI=1S/C25H24B5F3N8O4/c26-23(27)22(32,33)6-3-20(1-2-20)40(23)19(42)36-15-9-35-37-17(15)14-7-16-13(8-34-14)18(39-10-12(11-39)45-25(29,30)44)38-41(16)24(28,43)21(31)4-5-21/h7-9,12,43-44H,1-6,10-11H2,(H,35,37)(H,36,42). The molecule has 4 fully saturated rings. The number of anilines is 2. The number of aromatic amines is 1. The van der Waals surface area contributed by atoms with Gasteiger partial charge in [-0.1, -0.05) is 0 Å². The second-order valence-corrected chi connectivity index (χ2v) is 12.6. The minimum Gasteiger partial charge on any atom is -0.384 e. The van der Waals surface area contributed by atoms with E-state index in [0.29, 0.717) is 18.2 Å². The number of ether oxygens (including phenoxy) is 1. The van der Waals surface area contributed by atoms with Gasteiger partial charge in [-0.2, -0.15) is 10.2 Å². The van der Waals surface area contributed by atoms with E-state index in [2.05, 4.69) is 25.6 Å². The van der Waals surface area contributed by atoms with E-state index in [1.165, 1.54) is 18.5 Å². The molecule has 7 rings (SSSR count). The van der Waals surface area contributed by atoms with Crippen LogP contribution < -0.4 is 10.2 Å². The lowest BCUT2D eigenvalue weighted by Crippen LogP contribution is -2.71. The molecule has 0 bridgehead atoms. The van der Waals surface area contributed by atoms with Crippen LogP contribution in [0, 0.1) is 0 Å². The molecule has 45 heavy (non-hydrogen) atoms. The van der Waals surface area contributed by atoms with Crippen LogP contribution in [-0.4, -0.2) is 133 Å². The van der Waals surface area contributed by atoms with Crippen molar-refractivity contribution in [1.82, 2.24) is 29.9 Å². The predicted molar refractivity (Wildman–Crippen MR) is 159 cm³/mol. The van der Waals surface area contributed by atoms with E-state index in [0.717, 1.165) is 9.58 Å². The highest BCUT2D eigenvalue weighted by Gasteiger charge is 2.65. The summed E-state index contributed by atoms with van der Waals surface area (Å²) in [6.45, 7) is 0.401. The van der Waals surface area contributed by atoms with Crippen LogP contribution in [0.4, 0.5) is 29.5 Å². The van der Waals surface area contributed by atoms with Crippen molar-refractivity contribution in [3.8, 4) is 11.4 Å². The zero-order valence-electron chi connectivity index (χ0n) is 23.9. The highest BCUT2D eigenvalue weighted by atomic mass is 19.3. The molecule has 2 aliphatic heterocycles. The first kappa shape index (κ1) is 30.5. The maximum atomic E-state index is 15.3. The second kappa shape index (κ2) is 9.47. The Morgan fingerprint density at radius 2 is 1.73 bits per heavy atom. The third-order valence-electron chi connectivity index (χ3n) is 9.22. The van der Waals surface area contributed by atoms with Gasteiger partial charge in [0, 0.05) is 36.6 Å². The summed E-state index contributed by atoms with van der Waals surface area (Å²) < 4.78 is 50.9. The van der Waals surface area contributed by atoms with Crippen molar-refractivity contribution < 1.29 is 32.9 Å². The van der Waals surface area contributed by atoms with Crippen molar-refractivity contribution in [3.05, 3.63) is 18.5 Å². The Morgan fingerprint density at radius 1 is 1.07 bits per heavy atom.